The molecule has 0 radical (unpaired) electrons. The van der Waals surface area contributed by atoms with Crippen molar-refractivity contribution in [3.8, 4) is 0 Å². The van der Waals surface area contributed by atoms with Gasteiger partial charge in [0.25, 0.3) is 0 Å². The third-order valence-corrected chi connectivity index (χ3v) is 4.47. The van der Waals surface area contributed by atoms with E-state index >= 15 is 0 Å². The molecule has 2 fully saturated rings. The summed E-state index contributed by atoms with van der Waals surface area (Å²) in [7, 11) is 1.65. The lowest BCUT2D eigenvalue weighted by atomic mass is 9.96. The van der Waals surface area contributed by atoms with Gasteiger partial charge in [0.15, 0.2) is 0 Å². The third-order valence-electron chi connectivity index (χ3n) is 4.47. The van der Waals surface area contributed by atoms with E-state index in [0.717, 1.165) is 51.9 Å². The first-order chi connectivity index (χ1) is 10.6. The Bertz CT molecular complexity index is 413. The van der Waals surface area contributed by atoms with E-state index in [9.17, 15) is 14.4 Å². The van der Waals surface area contributed by atoms with E-state index in [1.54, 1.807) is 11.9 Å². The number of nitrogens with zero attached hydrogens (tertiary/aromatic N) is 2. The van der Waals surface area contributed by atoms with Crippen LogP contribution in [0.5, 0.6) is 0 Å². The van der Waals surface area contributed by atoms with E-state index in [1.807, 2.05) is 4.90 Å². The molecule has 124 valence electrons. The molecule has 0 atom stereocenters. The molecule has 0 unspecified atom stereocenters. The van der Waals surface area contributed by atoms with E-state index in [4.69, 9.17) is 0 Å². The number of carbonyl (C=O) groups excluding carboxylic acids is 3. The molecule has 0 spiro atoms. The van der Waals surface area contributed by atoms with E-state index in [2.05, 4.69) is 10.6 Å². The summed E-state index contributed by atoms with van der Waals surface area (Å²) in [6, 6.07) is 0. The second kappa shape index (κ2) is 8.12. The zero-order valence-electron chi connectivity index (χ0n) is 13.3. The van der Waals surface area contributed by atoms with Gasteiger partial charge in [0.2, 0.25) is 17.7 Å². The minimum absolute atomic E-state index is 0.00387. The molecule has 2 aliphatic rings. The van der Waals surface area contributed by atoms with Gasteiger partial charge >= 0.3 is 0 Å². The Hall–Kier alpha value is -1.63. The van der Waals surface area contributed by atoms with Crippen molar-refractivity contribution < 1.29 is 14.4 Å². The fourth-order valence-corrected chi connectivity index (χ4v) is 3.07. The summed E-state index contributed by atoms with van der Waals surface area (Å²) in [5, 5.41) is 5.37. The molecule has 2 heterocycles. The summed E-state index contributed by atoms with van der Waals surface area (Å²) in [5.41, 5.74) is 0. The molecule has 0 aromatic carbocycles. The largest absolute Gasteiger partial charge is 0.359 e. The Labute approximate surface area is 131 Å². The minimum atomic E-state index is -0.120. The van der Waals surface area contributed by atoms with Gasteiger partial charge in [-0.2, -0.15) is 0 Å². The lowest BCUT2D eigenvalue weighted by Crippen LogP contribution is -2.46. The standard InChI is InChI=1S/C15H26N4O3/c1-16-15(22)12-4-8-18(9-5-12)11-13(20)17-10-14(21)19-6-2-3-7-19/h12H,2-11H2,1H3,(H,16,22)(H,17,20). The van der Waals surface area contributed by atoms with Crippen molar-refractivity contribution in [2.24, 2.45) is 5.92 Å². The molecular weight excluding hydrogens is 284 g/mol. The molecule has 0 aromatic heterocycles. The third kappa shape index (κ3) is 4.69. The van der Waals surface area contributed by atoms with Crippen molar-refractivity contribution in [2.75, 3.05) is 46.3 Å². The van der Waals surface area contributed by atoms with Crippen molar-refractivity contribution in [3.05, 3.63) is 0 Å². The Balaban J connectivity index is 1.63. The van der Waals surface area contributed by atoms with Crippen LogP contribution in [-0.2, 0) is 14.4 Å². The molecule has 2 rings (SSSR count). The second-order valence-corrected chi connectivity index (χ2v) is 6.03. The molecule has 0 aliphatic carbocycles. The first-order valence-corrected chi connectivity index (χ1v) is 8.08. The fraction of sp³-hybridized carbons (Fsp3) is 0.800. The van der Waals surface area contributed by atoms with Crippen LogP contribution >= 0.6 is 0 Å². The van der Waals surface area contributed by atoms with Crippen LogP contribution in [0.15, 0.2) is 0 Å². The zero-order valence-corrected chi connectivity index (χ0v) is 13.3. The van der Waals surface area contributed by atoms with Gasteiger partial charge in [-0.05, 0) is 38.8 Å². The normalized spacial score (nSPS) is 20.0. The van der Waals surface area contributed by atoms with Crippen LogP contribution in [0.25, 0.3) is 0 Å². The van der Waals surface area contributed by atoms with Gasteiger partial charge in [-0.15, -0.1) is 0 Å². The number of nitrogens with one attached hydrogen (secondary N) is 2. The highest BCUT2D eigenvalue weighted by atomic mass is 16.2. The van der Waals surface area contributed by atoms with Crippen molar-refractivity contribution in [1.29, 1.82) is 0 Å². The summed E-state index contributed by atoms with van der Waals surface area (Å²) in [5.74, 6) is 0.0245. The summed E-state index contributed by atoms with van der Waals surface area (Å²) >= 11 is 0. The molecule has 2 aliphatic heterocycles. The van der Waals surface area contributed by atoms with Gasteiger partial charge < -0.3 is 15.5 Å². The van der Waals surface area contributed by atoms with Crippen LogP contribution in [-0.4, -0.2) is 73.8 Å². The molecular formula is C15H26N4O3. The SMILES string of the molecule is CNC(=O)C1CCN(CC(=O)NCC(=O)N2CCCC2)CC1. The highest BCUT2D eigenvalue weighted by Gasteiger charge is 2.25. The lowest BCUT2D eigenvalue weighted by Gasteiger charge is -2.30. The molecule has 2 saturated heterocycles. The van der Waals surface area contributed by atoms with Gasteiger partial charge in [-0.3, -0.25) is 19.3 Å². The highest BCUT2D eigenvalue weighted by Crippen LogP contribution is 2.16. The van der Waals surface area contributed by atoms with Gasteiger partial charge in [0.05, 0.1) is 13.1 Å². The molecule has 7 nitrogen and oxygen atoms in total. The zero-order chi connectivity index (χ0) is 15.9. The van der Waals surface area contributed by atoms with Crippen LogP contribution in [0, 0.1) is 5.92 Å². The number of carbonyl (C=O) groups is 3. The Morgan fingerprint density at radius 3 is 2.27 bits per heavy atom. The minimum Gasteiger partial charge on any atom is -0.359 e. The van der Waals surface area contributed by atoms with Crippen molar-refractivity contribution in [1.82, 2.24) is 20.4 Å². The maximum absolute atomic E-state index is 11.9. The fourth-order valence-electron chi connectivity index (χ4n) is 3.07. The second-order valence-electron chi connectivity index (χ2n) is 6.03. The summed E-state index contributed by atoms with van der Waals surface area (Å²) in [4.78, 5) is 39.1. The van der Waals surface area contributed by atoms with Crippen LogP contribution in [0.4, 0.5) is 0 Å². The number of amides is 3. The number of likely N-dealkylation sites (tertiary alicyclic amines) is 2. The number of hydrogen-bond acceptors (Lipinski definition) is 4. The highest BCUT2D eigenvalue weighted by molar-refractivity contribution is 5.85. The van der Waals surface area contributed by atoms with E-state index in [1.165, 1.54) is 0 Å². The first-order valence-electron chi connectivity index (χ1n) is 8.08. The summed E-state index contributed by atoms with van der Waals surface area (Å²) in [6.07, 6.45) is 3.67. The average Bonchev–Trinajstić information content (AvgIpc) is 3.07. The maximum atomic E-state index is 11.9. The van der Waals surface area contributed by atoms with Gasteiger partial charge in [0, 0.05) is 26.1 Å². The average molecular weight is 310 g/mol. The van der Waals surface area contributed by atoms with E-state index in [0.29, 0.717) is 6.54 Å². The Morgan fingerprint density at radius 2 is 1.68 bits per heavy atom. The number of hydrogen-bond donors (Lipinski definition) is 2. The predicted molar refractivity (Wildman–Crippen MR) is 82.1 cm³/mol. The first kappa shape index (κ1) is 16.7. The molecule has 7 heteroatoms. The molecule has 2 N–H and O–H groups in total. The number of piperidine rings is 1. The number of rotatable bonds is 5. The molecule has 3 amide bonds. The smallest absolute Gasteiger partial charge is 0.241 e. The van der Waals surface area contributed by atoms with Crippen LogP contribution in [0.2, 0.25) is 0 Å². The lowest BCUT2D eigenvalue weighted by molar-refractivity contribution is -0.132. The maximum Gasteiger partial charge on any atom is 0.241 e. The van der Waals surface area contributed by atoms with Crippen molar-refractivity contribution in [2.45, 2.75) is 25.7 Å². The summed E-state index contributed by atoms with van der Waals surface area (Å²) < 4.78 is 0. The van der Waals surface area contributed by atoms with Crippen molar-refractivity contribution >= 4 is 17.7 Å². The summed E-state index contributed by atoms with van der Waals surface area (Å²) in [6.45, 7) is 3.49. The van der Waals surface area contributed by atoms with Crippen LogP contribution in [0.1, 0.15) is 25.7 Å². The van der Waals surface area contributed by atoms with E-state index in [-0.39, 0.29) is 30.2 Å². The van der Waals surface area contributed by atoms with Gasteiger partial charge in [0.1, 0.15) is 0 Å². The molecule has 0 saturated carbocycles. The quantitative estimate of drug-likeness (QED) is 0.695. The van der Waals surface area contributed by atoms with Crippen LogP contribution in [0.3, 0.4) is 0 Å². The molecule has 22 heavy (non-hydrogen) atoms. The molecule has 0 aromatic rings. The Morgan fingerprint density at radius 1 is 1.05 bits per heavy atom. The monoisotopic (exact) mass is 310 g/mol. The molecule has 0 bridgehead atoms. The topological polar surface area (TPSA) is 81.8 Å². The van der Waals surface area contributed by atoms with Gasteiger partial charge in [-0.25, -0.2) is 0 Å². The van der Waals surface area contributed by atoms with Crippen LogP contribution < -0.4 is 10.6 Å². The Kier molecular flexibility index (Phi) is 6.18. The van der Waals surface area contributed by atoms with Gasteiger partial charge in [-0.1, -0.05) is 0 Å². The predicted octanol–water partition coefficient (Wildman–Crippen LogP) is -0.817. The van der Waals surface area contributed by atoms with E-state index < -0.39 is 0 Å². The van der Waals surface area contributed by atoms with Crippen molar-refractivity contribution in [3.63, 3.8) is 0 Å².